The van der Waals surface area contributed by atoms with Gasteiger partial charge in [-0.2, -0.15) is 5.26 Å². The molecule has 0 saturated carbocycles. The third-order valence-electron chi connectivity index (χ3n) is 2.75. The molecular formula is C14H21Cl2N3O. The molecule has 0 saturated heterocycles. The second-order valence-electron chi connectivity index (χ2n) is 5.43. The van der Waals surface area contributed by atoms with Crippen LogP contribution in [-0.2, 0) is 4.74 Å². The van der Waals surface area contributed by atoms with Gasteiger partial charge in [-0.3, -0.25) is 0 Å². The molecule has 0 aliphatic rings. The summed E-state index contributed by atoms with van der Waals surface area (Å²) in [6, 6.07) is 5.51. The van der Waals surface area contributed by atoms with Crippen LogP contribution in [0.5, 0.6) is 0 Å². The Morgan fingerprint density at radius 3 is 2.50 bits per heavy atom. The van der Waals surface area contributed by atoms with Gasteiger partial charge in [-0.15, -0.1) is 12.4 Å². The van der Waals surface area contributed by atoms with Crippen molar-refractivity contribution in [3.05, 3.63) is 28.3 Å². The zero-order chi connectivity index (χ0) is 14.6. The summed E-state index contributed by atoms with van der Waals surface area (Å²) in [5.41, 5.74) is 7.26. The predicted octanol–water partition coefficient (Wildman–Crippen LogP) is 3.29. The molecule has 0 aliphatic carbocycles. The fourth-order valence-electron chi connectivity index (χ4n) is 1.65. The first-order valence-corrected chi connectivity index (χ1v) is 6.43. The van der Waals surface area contributed by atoms with Crippen LogP contribution in [0.2, 0.25) is 5.02 Å². The number of nitrogen functional groups attached to an aromatic ring is 1. The first-order chi connectivity index (χ1) is 8.78. The minimum atomic E-state index is -0.176. The molecule has 1 aromatic rings. The van der Waals surface area contributed by atoms with Gasteiger partial charge >= 0.3 is 0 Å². The number of nitrogens with zero attached hydrogens (tertiary/aromatic N) is 1. The maximum atomic E-state index is 9.04. The topological polar surface area (TPSA) is 71.1 Å². The Morgan fingerprint density at radius 1 is 1.45 bits per heavy atom. The van der Waals surface area contributed by atoms with E-state index in [9.17, 15) is 0 Å². The fourth-order valence-corrected chi connectivity index (χ4v) is 1.88. The lowest BCUT2D eigenvalue weighted by Gasteiger charge is -2.25. The third kappa shape index (κ3) is 5.18. The number of halogens is 2. The summed E-state index contributed by atoms with van der Waals surface area (Å²) in [6.45, 7) is 6.87. The molecule has 4 nitrogen and oxygen atoms in total. The third-order valence-corrected chi connectivity index (χ3v) is 3.06. The Morgan fingerprint density at radius 2 is 2.05 bits per heavy atom. The van der Waals surface area contributed by atoms with Gasteiger partial charge in [-0.25, -0.2) is 0 Å². The van der Waals surface area contributed by atoms with Crippen molar-refractivity contribution in [2.45, 2.75) is 32.4 Å². The predicted molar refractivity (Wildman–Crippen MR) is 85.3 cm³/mol. The molecule has 0 heterocycles. The van der Waals surface area contributed by atoms with Crippen molar-refractivity contribution in [3.8, 4) is 6.07 Å². The maximum Gasteiger partial charge on any atom is 0.101 e. The number of ether oxygens (including phenoxy) is 1. The summed E-state index contributed by atoms with van der Waals surface area (Å²) in [5, 5.41) is 12.8. The number of benzene rings is 1. The molecule has 1 atom stereocenters. The van der Waals surface area contributed by atoms with Crippen LogP contribution < -0.4 is 11.1 Å². The molecule has 20 heavy (non-hydrogen) atoms. The number of anilines is 1. The molecule has 0 spiro atoms. The Kier molecular flexibility index (Phi) is 7.32. The molecule has 1 unspecified atom stereocenters. The quantitative estimate of drug-likeness (QED) is 0.836. The van der Waals surface area contributed by atoms with Crippen LogP contribution in [0.1, 0.15) is 38.0 Å². The lowest BCUT2D eigenvalue weighted by molar-refractivity contribution is 0.0959. The zero-order valence-electron chi connectivity index (χ0n) is 12.2. The summed E-state index contributed by atoms with van der Waals surface area (Å²) in [4.78, 5) is 0. The number of hydrogen-bond donors (Lipinski definition) is 2. The highest BCUT2D eigenvalue weighted by molar-refractivity contribution is 6.33. The lowest BCUT2D eigenvalue weighted by Crippen LogP contribution is -2.38. The summed E-state index contributed by atoms with van der Waals surface area (Å²) in [7, 11) is 1.63. The number of methoxy groups -OCH3 is 1. The van der Waals surface area contributed by atoms with Crippen molar-refractivity contribution in [2.24, 2.45) is 0 Å². The van der Waals surface area contributed by atoms with Gasteiger partial charge in [0.15, 0.2) is 0 Å². The van der Waals surface area contributed by atoms with Gasteiger partial charge in [0.1, 0.15) is 6.07 Å². The molecule has 0 aromatic heterocycles. The molecule has 0 bridgehead atoms. The van der Waals surface area contributed by atoms with Crippen LogP contribution in [0, 0.1) is 11.3 Å². The largest absolute Gasteiger partial charge is 0.396 e. The molecule has 0 amide bonds. The zero-order valence-corrected chi connectivity index (χ0v) is 13.7. The Balaban J connectivity index is 0.00000361. The van der Waals surface area contributed by atoms with Gasteiger partial charge in [-0.05, 0) is 38.5 Å². The Hall–Kier alpha value is -0.990. The van der Waals surface area contributed by atoms with Gasteiger partial charge < -0.3 is 15.8 Å². The van der Waals surface area contributed by atoms with Crippen molar-refractivity contribution < 1.29 is 4.74 Å². The Bertz CT molecular complexity index is 492. The fraction of sp³-hybridized carbons (Fsp3) is 0.500. The highest BCUT2D eigenvalue weighted by Gasteiger charge is 2.17. The average molecular weight is 318 g/mol. The van der Waals surface area contributed by atoms with E-state index in [-0.39, 0.29) is 24.0 Å². The molecule has 1 rings (SSSR count). The SMILES string of the molecule is COC(CNC(C)(C)C)c1cc(Cl)c(N)c(C#N)c1.Cl. The summed E-state index contributed by atoms with van der Waals surface area (Å²) >= 11 is 6.04. The molecule has 6 heteroatoms. The van der Waals surface area contributed by atoms with Crippen molar-refractivity contribution in [2.75, 3.05) is 19.4 Å². The second kappa shape index (κ2) is 7.70. The van der Waals surface area contributed by atoms with E-state index >= 15 is 0 Å². The Labute approximate surface area is 131 Å². The summed E-state index contributed by atoms with van der Waals surface area (Å²) in [5.74, 6) is 0. The number of rotatable bonds is 4. The van der Waals surface area contributed by atoms with E-state index in [1.807, 2.05) is 6.07 Å². The van der Waals surface area contributed by atoms with Gasteiger partial charge in [0.25, 0.3) is 0 Å². The number of hydrogen-bond acceptors (Lipinski definition) is 4. The van der Waals surface area contributed by atoms with E-state index in [1.54, 1.807) is 19.2 Å². The van der Waals surface area contributed by atoms with Crippen molar-refractivity contribution in [3.63, 3.8) is 0 Å². The van der Waals surface area contributed by atoms with Crippen LogP contribution in [0.4, 0.5) is 5.69 Å². The first-order valence-electron chi connectivity index (χ1n) is 6.05. The highest BCUT2D eigenvalue weighted by Crippen LogP contribution is 2.28. The van der Waals surface area contributed by atoms with Crippen LogP contribution in [-0.4, -0.2) is 19.2 Å². The standard InChI is InChI=1S/C14H20ClN3O.ClH/c1-14(2,3)18-8-12(19-4)9-5-10(7-16)13(17)11(15)6-9;/h5-6,12,18H,8,17H2,1-4H3;1H. The molecular weight excluding hydrogens is 297 g/mol. The minimum absolute atomic E-state index is 0. The van der Waals surface area contributed by atoms with Crippen LogP contribution in [0.15, 0.2) is 12.1 Å². The molecule has 1 aromatic carbocycles. The smallest absolute Gasteiger partial charge is 0.101 e. The van der Waals surface area contributed by atoms with E-state index in [2.05, 4.69) is 26.1 Å². The molecule has 0 aliphatic heterocycles. The number of nitrogens with one attached hydrogen (secondary N) is 1. The van der Waals surface area contributed by atoms with Crippen molar-refractivity contribution >= 4 is 29.7 Å². The van der Waals surface area contributed by atoms with Crippen molar-refractivity contribution in [1.29, 1.82) is 5.26 Å². The van der Waals surface area contributed by atoms with Gasteiger partial charge in [0.2, 0.25) is 0 Å². The van der Waals surface area contributed by atoms with Crippen molar-refractivity contribution in [1.82, 2.24) is 5.32 Å². The lowest BCUT2D eigenvalue weighted by atomic mass is 10.0. The number of nitrogens with two attached hydrogens (primary N) is 1. The van der Waals surface area contributed by atoms with Crippen LogP contribution in [0.25, 0.3) is 0 Å². The van der Waals surface area contributed by atoms with E-state index < -0.39 is 0 Å². The molecule has 112 valence electrons. The van der Waals surface area contributed by atoms with E-state index in [0.717, 1.165) is 5.56 Å². The monoisotopic (exact) mass is 317 g/mol. The van der Waals surface area contributed by atoms with Crippen LogP contribution >= 0.6 is 24.0 Å². The van der Waals surface area contributed by atoms with Crippen LogP contribution in [0.3, 0.4) is 0 Å². The second-order valence-corrected chi connectivity index (χ2v) is 5.84. The minimum Gasteiger partial charge on any atom is -0.396 e. The highest BCUT2D eigenvalue weighted by atomic mass is 35.5. The van der Waals surface area contributed by atoms with E-state index in [0.29, 0.717) is 22.8 Å². The normalized spacial score (nSPS) is 12.4. The maximum absolute atomic E-state index is 9.04. The summed E-state index contributed by atoms with van der Waals surface area (Å²) in [6.07, 6.45) is -0.176. The average Bonchev–Trinajstić information content (AvgIpc) is 2.32. The first kappa shape index (κ1) is 19.0. The van der Waals surface area contributed by atoms with Gasteiger partial charge in [-0.1, -0.05) is 11.6 Å². The van der Waals surface area contributed by atoms with Gasteiger partial charge in [0.05, 0.1) is 22.4 Å². The van der Waals surface area contributed by atoms with E-state index in [4.69, 9.17) is 27.3 Å². The molecule has 3 N–H and O–H groups in total. The summed E-state index contributed by atoms with van der Waals surface area (Å²) < 4.78 is 5.45. The van der Waals surface area contributed by atoms with Gasteiger partial charge in [0, 0.05) is 19.2 Å². The van der Waals surface area contributed by atoms with E-state index in [1.165, 1.54) is 0 Å². The number of nitriles is 1. The molecule has 0 fully saturated rings. The molecule has 0 radical (unpaired) electrons.